The number of rotatable bonds is 3. The molecule has 0 unspecified atom stereocenters. The third kappa shape index (κ3) is 3.35. The van der Waals surface area contributed by atoms with Gasteiger partial charge < -0.3 is 10.1 Å². The van der Waals surface area contributed by atoms with E-state index in [2.05, 4.69) is 11.2 Å². The Labute approximate surface area is 100.0 Å². The summed E-state index contributed by atoms with van der Waals surface area (Å²) in [6, 6.07) is 4.75. The third-order valence-corrected chi connectivity index (χ3v) is 1.99. The largest absolute Gasteiger partial charge is 0.462 e. The van der Waals surface area contributed by atoms with Crippen LogP contribution in [-0.4, -0.2) is 18.5 Å². The minimum Gasteiger partial charge on any atom is -0.462 e. The van der Waals surface area contributed by atoms with Crippen LogP contribution in [-0.2, 0) is 9.53 Å². The molecule has 1 rings (SSSR count). The van der Waals surface area contributed by atoms with Crippen molar-refractivity contribution in [2.24, 2.45) is 0 Å². The number of hydrogen-bond donors (Lipinski definition) is 1. The van der Waals surface area contributed by atoms with Gasteiger partial charge >= 0.3 is 5.97 Å². The van der Waals surface area contributed by atoms with E-state index in [4.69, 9.17) is 11.2 Å². The SMILES string of the molecule is C#Cc1ccc(NC(C)=O)c(C(=O)OCC)c1. The van der Waals surface area contributed by atoms with Crippen LogP contribution in [0.5, 0.6) is 0 Å². The predicted molar refractivity (Wildman–Crippen MR) is 64.6 cm³/mol. The summed E-state index contributed by atoms with van der Waals surface area (Å²) in [6.45, 7) is 3.34. The zero-order chi connectivity index (χ0) is 12.8. The highest BCUT2D eigenvalue weighted by Gasteiger charge is 2.13. The highest BCUT2D eigenvalue weighted by Crippen LogP contribution is 2.18. The lowest BCUT2D eigenvalue weighted by Gasteiger charge is -2.09. The van der Waals surface area contributed by atoms with Crippen molar-refractivity contribution in [3.8, 4) is 12.3 Å². The second kappa shape index (κ2) is 5.71. The number of terminal acetylenes is 1. The van der Waals surface area contributed by atoms with Crippen molar-refractivity contribution in [1.82, 2.24) is 0 Å². The summed E-state index contributed by atoms with van der Waals surface area (Å²) in [5.41, 5.74) is 1.22. The molecule has 1 aromatic rings. The van der Waals surface area contributed by atoms with E-state index in [0.717, 1.165) is 0 Å². The Hall–Kier alpha value is -2.28. The molecule has 0 fully saturated rings. The molecule has 0 atom stereocenters. The van der Waals surface area contributed by atoms with Crippen LogP contribution < -0.4 is 5.32 Å². The van der Waals surface area contributed by atoms with Crippen LogP contribution in [0.15, 0.2) is 18.2 Å². The van der Waals surface area contributed by atoms with E-state index in [1.54, 1.807) is 19.1 Å². The van der Waals surface area contributed by atoms with Gasteiger partial charge in [0.1, 0.15) is 0 Å². The molecule has 1 amide bonds. The molecule has 0 aromatic heterocycles. The molecule has 0 aliphatic heterocycles. The first-order valence-electron chi connectivity index (χ1n) is 5.13. The van der Waals surface area contributed by atoms with E-state index >= 15 is 0 Å². The van der Waals surface area contributed by atoms with Gasteiger partial charge in [-0.2, -0.15) is 0 Å². The second-order valence-electron chi connectivity index (χ2n) is 3.31. The molecular formula is C13H13NO3. The Morgan fingerprint density at radius 2 is 2.18 bits per heavy atom. The van der Waals surface area contributed by atoms with Crippen LogP contribution in [0.3, 0.4) is 0 Å². The fraction of sp³-hybridized carbons (Fsp3) is 0.231. The molecule has 17 heavy (non-hydrogen) atoms. The number of carbonyl (C=O) groups is 2. The Kier molecular flexibility index (Phi) is 4.29. The first kappa shape index (κ1) is 12.8. The quantitative estimate of drug-likeness (QED) is 0.637. The molecule has 1 N–H and O–H groups in total. The van der Waals surface area contributed by atoms with E-state index in [1.165, 1.54) is 13.0 Å². The smallest absolute Gasteiger partial charge is 0.340 e. The fourth-order valence-corrected chi connectivity index (χ4v) is 1.31. The van der Waals surface area contributed by atoms with Crippen LogP contribution in [0, 0.1) is 12.3 Å². The number of amides is 1. The number of hydrogen-bond acceptors (Lipinski definition) is 3. The van der Waals surface area contributed by atoms with Gasteiger partial charge in [0.25, 0.3) is 0 Å². The van der Waals surface area contributed by atoms with Crippen LogP contribution in [0.2, 0.25) is 0 Å². The van der Waals surface area contributed by atoms with Gasteiger partial charge in [0, 0.05) is 12.5 Å². The number of anilines is 1. The molecule has 4 nitrogen and oxygen atoms in total. The number of ether oxygens (including phenoxy) is 1. The lowest BCUT2D eigenvalue weighted by atomic mass is 10.1. The lowest BCUT2D eigenvalue weighted by molar-refractivity contribution is -0.114. The fourth-order valence-electron chi connectivity index (χ4n) is 1.31. The molecule has 0 heterocycles. The normalized spacial score (nSPS) is 9.24. The minimum absolute atomic E-state index is 0.260. The van der Waals surface area contributed by atoms with Crippen LogP contribution in [0.4, 0.5) is 5.69 Å². The Morgan fingerprint density at radius 1 is 1.47 bits per heavy atom. The zero-order valence-electron chi connectivity index (χ0n) is 9.74. The van der Waals surface area contributed by atoms with Crippen LogP contribution >= 0.6 is 0 Å². The van der Waals surface area contributed by atoms with Gasteiger partial charge in [0.2, 0.25) is 5.91 Å². The van der Waals surface area contributed by atoms with Crippen molar-refractivity contribution in [1.29, 1.82) is 0 Å². The summed E-state index contributed by atoms with van der Waals surface area (Å²) in [7, 11) is 0. The van der Waals surface area contributed by atoms with E-state index in [-0.39, 0.29) is 18.1 Å². The molecule has 0 aliphatic rings. The minimum atomic E-state index is -0.506. The van der Waals surface area contributed by atoms with Crippen molar-refractivity contribution < 1.29 is 14.3 Å². The Morgan fingerprint density at radius 3 is 2.71 bits per heavy atom. The van der Waals surface area contributed by atoms with Gasteiger partial charge in [0.05, 0.1) is 17.9 Å². The van der Waals surface area contributed by atoms with Crippen LogP contribution in [0.25, 0.3) is 0 Å². The van der Waals surface area contributed by atoms with Crippen LogP contribution in [0.1, 0.15) is 29.8 Å². The molecule has 0 radical (unpaired) electrons. The van der Waals surface area contributed by atoms with Gasteiger partial charge in [-0.1, -0.05) is 5.92 Å². The van der Waals surface area contributed by atoms with Gasteiger partial charge in [-0.25, -0.2) is 4.79 Å². The van der Waals surface area contributed by atoms with Gasteiger partial charge in [-0.05, 0) is 25.1 Å². The van der Waals surface area contributed by atoms with E-state index in [0.29, 0.717) is 11.3 Å². The molecule has 0 saturated carbocycles. The first-order chi connectivity index (χ1) is 8.08. The molecule has 0 saturated heterocycles. The molecule has 88 valence electrons. The molecule has 0 bridgehead atoms. The number of nitrogens with one attached hydrogen (secondary N) is 1. The number of carbonyl (C=O) groups excluding carboxylic acids is 2. The topological polar surface area (TPSA) is 55.4 Å². The summed E-state index contributed by atoms with van der Waals surface area (Å²) in [5.74, 6) is 1.66. The monoisotopic (exact) mass is 231 g/mol. The average Bonchev–Trinajstić information content (AvgIpc) is 2.29. The van der Waals surface area contributed by atoms with Crippen molar-refractivity contribution in [3.63, 3.8) is 0 Å². The maximum atomic E-state index is 11.7. The summed E-state index contributed by atoms with van der Waals surface area (Å²) in [4.78, 5) is 22.7. The standard InChI is InChI=1S/C13H13NO3/c1-4-10-6-7-12(14-9(3)15)11(8-10)13(16)17-5-2/h1,6-8H,5H2,2-3H3,(H,14,15). The van der Waals surface area contributed by atoms with Crippen molar-refractivity contribution in [2.45, 2.75) is 13.8 Å². The maximum Gasteiger partial charge on any atom is 0.340 e. The van der Waals surface area contributed by atoms with E-state index < -0.39 is 5.97 Å². The third-order valence-electron chi connectivity index (χ3n) is 1.99. The number of esters is 1. The molecule has 0 aliphatic carbocycles. The van der Waals surface area contributed by atoms with E-state index in [1.807, 2.05) is 0 Å². The molecule has 0 spiro atoms. The molecule has 4 heteroatoms. The zero-order valence-corrected chi connectivity index (χ0v) is 9.74. The first-order valence-corrected chi connectivity index (χ1v) is 5.13. The summed E-state index contributed by atoms with van der Waals surface area (Å²) < 4.78 is 4.89. The van der Waals surface area contributed by atoms with Crippen molar-refractivity contribution in [3.05, 3.63) is 29.3 Å². The summed E-state index contributed by atoms with van der Waals surface area (Å²) in [6.07, 6.45) is 5.25. The Bertz CT molecular complexity index is 486. The lowest BCUT2D eigenvalue weighted by Crippen LogP contribution is -2.13. The van der Waals surface area contributed by atoms with Crippen molar-refractivity contribution >= 4 is 17.6 Å². The van der Waals surface area contributed by atoms with Gasteiger partial charge in [-0.3, -0.25) is 4.79 Å². The maximum absolute atomic E-state index is 11.7. The second-order valence-corrected chi connectivity index (χ2v) is 3.31. The highest BCUT2D eigenvalue weighted by atomic mass is 16.5. The summed E-state index contributed by atoms with van der Waals surface area (Å²) in [5, 5.41) is 2.56. The molecular weight excluding hydrogens is 218 g/mol. The van der Waals surface area contributed by atoms with Gasteiger partial charge in [-0.15, -0.1) is 6.42 Å². The van der Waals surface area contributed by atoms with Gasteiger partial charge in [0.15, 0.2) is 0 Å². The Balaban J connectivity index is 3.16. The average molecular weight is 231 g/mol. The summed E-state index contributed by atoms with van der Waals surface area (Å²) >= 11 is 0. The predicted octanol–water partition coefficient (Wildman–Crippen LogP) is 1.80. The number of benzene rings is 1. The van der Waals surface area contributed by atoms with Crippen molar-refractivity contribution in [2.75, 3.05) is 11.9 Å². The van der Waals surface area contributed by atoms with E-state index in [9.17, 15) is 9.59 Å². The highest BCUT2D eigenvalue weighted by molar-refractivity contribution is 6.01. The molecule has 1 aromatic carbocycles.